The molecule has 0 spiro atoms. The van der Waals surface area contributed by atoms with Crippen molar-refractivity contribution in [1.29, 1.82) is 0 Å². The maximum atomic E-state index is 13.2. The van der Waals surface area contributed by atoms with Gasteiger partial charge < -0.3 is 19.4 Å². The molecule has 0 bridgehead atoms. The number of aromatic nitrogens is 4. The van der Waals surface area contributed by atoms with Crippen molar-refractivity contribution in [2.45, 2.75) is 59.1 Å². The van der Waals surface area contributed by atoms with Crippen molar-refractivity contribution in [2.24, 2.45) is 7.05 Å². The number of carboxylic acids is 1. The Balaban J connectivity index is 0.00000408. The van der Waals surface area contributed by atoms with Gasteiger partial charge in [0.05, 0.1) is 18.2 Å². The third-order valence-electron chi connectivity index (χ3n) is 5.45. The molecule has 0 saturated heterocycles. The van der Waals surface area contributed by atoms with E-state index in [0.717, 1.165) is 24.1 Å². The van der Waals surface area contributed by atoms with Crippen molar-refractivity contribution in [3.8, 4) is 5.75 Å². The number of aliphatic carboxylic acids is 1. The summed E-state index contributed by atoms with van der Waals surface area (Å²) in [7, 11) is 1.77. The Bertz CT molecular complexity index is 1160. The van der Waals surface area contributed by atoms with Gasteiger partial charge in [0.2, 0.25) is 0 Å². The Kier molecular flexibility index (Phi) is 10.4. The minimum atomic E-state index is -1.23. The molecule has 10 heteroatoms. The molecule has 178 valence electrons. The third kappa shape index (κ3) is 6.29. The molecule has 0 N–H and O–H groups in total. The molecule has 0 fully saturated rings. The van der Waals surface area contributed by atoms with Gasteiger partial charge in [-0.15, -0.1) is 0 Å². The molecule has 2 aromatic heterocycles. The first kappa shape index (κ1) is 27.6. The zero-order chi connectivity index (χ0) is 24.0. The van der Waals surface area contributed by atoms with E-state index in [1.54, 1.807) is 47.5 Å². The van der Waals surface area contributed by atoms with Crippen molar-refractivity contribution in [2.75, 3.05) is 13.2 Å². The molecule has 9 nitrogen and oxygen atoms in total. The topological polar surface area (TPSA) is 111 Å². The number of hydrogen-bond donors (Lipinski definition) is 0. The van der Waals surface area contributed by atoms with Gasteiger partial charge in [-0.2, -0.15) is 5.10 Å². The molecule has 0 amide bonds. The fourth-order valence-electron chi connectivity index (χ4n) is 3.87. The quantitative estimate of drug-likeness (QED) is 0.299. The van der Waals surface area contributed by atoms with E-state index < -0.39 is 12.1 Å². The molecular formula is C24H31LiN4O5. The summed E-state index contributed by atoms with van der Waals surface area (Å²) in [5.74, 6) is 0.113. The summed E-state index contributed by atoms with van der Waals surface area (Å²) in [5.41, 5.74) is 2.75. The third-order valence-corrected chi connectivity index (χ3v) is 5.45. The summed E-state index contributed by atoms with van der Waals surface area (Å²) in [6, 6.07) is 7.15. The Morgan fingerprint density at radius 3 is 2.47 bits per heavy atom. The van der Waals surface area contributed by atoms with Gasteiger partial charge in [0, 0.05) is 26.5 Å². The number of benzene rings is 1. The van der Waals surface area contributed by atoms with Gasteiger partial charge >= 0.3 is 18.9 Å². The molecule has 1 aromatic carbocycles. The molecule has 0 unspecified atom stereocenters. The molecule has 0 aliphatic heterocycles. The number of carboxylic acid groups (broad SMARTS) is 1. The summed E-state index contributed by atoms with van der Waals surface area (Å²) < 4.78 is 14.3. The van der Waals surface area contributed by atoms with E-state index in [0.29, 0.717) is 48.8 Å². The number of hydrogen-bond acceptors (Lipinski definition) is 7. The van der Waals surface area contributed by atoms with Crippen LogP contribution < -0.4 is 34.3 Å². The number of ether oxygens (including phenoxy) is 2. The zero-order valence-corrected chi connectivity index (χ0v) is 20.7. The Morgan fingerprint density at radius 1 is 1.18 bits per heavy atom. The molecular weight excluding hydrogens is 431 g/mol. The van der Waals surface area contributed by atoms with Crippen molar-refractivity contribution in [3.05, 3.63) is 51.7 Å². The van der Waals surface area contributed by atoms with E-state index in [9.17, 15) is 14.7 Å². The van der Waals surface area contributed by atoms with E-state index >= 15 is 0 Å². The van der Waals surface area contributed by atoms with Crippen LogP contribution in [0.5, 0.6) is 5.75 Å². The number of carbonyl (C=O) groups is 1. The molecule has 34 heavy (non-hydrogen) atoms. The van der Waals surface area contributed by atoms with Gasteiger partial charge in [-0.3, -0.25) is 14.0 Å². The summed E-state index contributed by atoms with van der Waals surface area (Å²) in [5, 5.41) is 15.6. The van der Waals surface area contributed by atoms with Crippen LogP contribution in [0, 0.1) is 0 Å². The van der Waals surface area contributed by atoms with Gasteiger partial charge in [-0.25, -0.2) is 4.98 Å². The average Bonchev–Trinajstić information content (AvgIpc) is 3.11. The van der Waals surface area contributed by atoms with Gasteiger partial charge in [0.15, 0.2) is 5.52 Å². The van der Waals surface area contributed by atoms with Gasteiger partial charge in [0.25, 0.3) is 5.56 Å². The Labute approximate surface area is 211 Å². The molecule has 3 rings (SSSR count). The van der Waals surface area contributed by atoms with Crippen LogP contribution in [-0.4, -0.2) is 44.6 Å². The van der Waals surface area contributed by atoms with E-state index in [-0.39, 0.29) is 30.8 Å². The zero-order valence-electron chi connectivity index (χ0n) is 20.7. The number of aryl methyl sites for hydroxylation is 3. The Morgan fingerprint density at radius 2 is 1.88 bits per heavy atom. The Hall–Kier alpha value is -2.60. The van der Waals surface area contributed by atoms with E-state index in [2.05, 4.69) is 12.0 Å². The summed E-state index contributed by atoms with van der Waals surface area (Å²) in [6.45, 7) is 6.75. The first-order valence-electron chi connectivity index (χ1n) is 11.4. The number of fused-ring (bicyclic) bond motifs is 1. The van der Waals surface area contributed by atoms with Crippen LogP contribution in [0.2, 0.25) is 0 Å². The average molecular weight is 462 g/mol. The molecule has 0 aliphatic carbocycles. The smallest absolute Gasteiger partial charge is 0.547 e. The fourth-order valence-corrected chi connectivity index (χ4v) is 3.87. The van der Waals surface area contributed by atoms with Gasteiger partial charge in [-0.1, -0.05) is 32.4 Å². The van der Waals surface area contributed by atoms with Crippen molar-refractivity contribution in [3.63, 3.8) is 0 Å². The summed E-state index contributed by atoms with van der Waals surface area (Å²) in [6.07, 6.45) is 1.59. The van der Waals surface area contributed by atoms with Crippen LogP contribution in [0.3, 0.4) is 0 Å². The molecule has 0 aliphatic rings. The predicted molar refractivity (Wildman–Crippen MR) is 122 cm³/mol. The molecule has 3 aromatic rings. The normalized spacial score (nSPS) is 11.9. The van der Waals surface area contributed by atoms with E-state index in [1.807, 2.05) is 6.92 Å². The second kappa shape index (κ2) is 12.7. The molecule has 2 heterocycles. The first-order chi connectivity index (χ1) is 15.9. The minimum Gasteiger partial charge on any atom is -0.547 e. The standard InChI is InChI=1S/C24H32N4O5.Li/c1-5-8-18-21-22(27(4)26-18)23(29)28(20(6-2)25-21)13-14-33-17-11-9-16(10-12-17)15-19(24(30)31)32-7-3;/h9-12,19H,5-8,13-15H2,1-4H3,(H,30,31);/q;+1/p-1/t19-;/m0./s1. The molecule has 1 atom stereocenters. The summed E-state index contributed by atoms with van der Waals surface area (Å²) >= 11 is 0. The van der Waals surface area contributed by atoms with Crippen LogP contribution in [-0.2, 0) is 42.4 Å². The summed E-state index contributed by atoms with van der Waals surface area (Å²) in [4.78, 5) is 29.1. The predicted octanol–water partition coefficient (Wildman–Crippen LogP) is -1.57. The fraction of sp³-hybridized carbons (Fsp3) is 0.500. The SMILES string of the molecule is CCCc1nn(C)c2c(=O)n(CCOc3ccc(C[C@H](OCC)C(=O)[O-])cc3)c(CC)nc12.[Li+]. The second-order valence-corrected chi connectivity index (χ2v) is 7.82. The molecule has 0 radical (unpaired) electrons. The van der Waals surface area contributed by atoms with Crippen molar-refractivity contribution < 1.29 is 38.2 Å². The number of carbonyl (C=O) groups excluding carboxylic acids is 1. The number of rotatable bonds is 12. The van der Waals surface area contributed by atoms with Crippen LogP contribution >= 0.6 is 0 Å². The maximum absolute atomic E-state index is 13.2. The monoisotopic (exact) mass is 462 g/mol. The van der Waals surface area contributed by atoms with Crippen molar-refractivity contribution >= 4 is 17.0 Å². The van der Waals surface area contributed by atoms with E-state index in [4.69, 9.17) is 14.5 Å². The van der Waals surface area contributed by atoms with Crippen LogP contribution in [0.15, 0.2) is 29.1 Å². The van der Waals surface area contributed by atoms with Gasteiger partial charge in [-0.05, 0) is 31.0 Å². The molecule has 0 saturated carbocycles. The first-order valence-corrected chi connectivity index (χ1v) is 11.4. The number of nitrogens with zero attached hydrogens (tertiary/aromatic N) is 4. The van der Waals surface area contributed by atoms with Crippen molar-refractivity contribution in [1.82, 2.24) is 19.3 Å². The van der Waals surface area contributed by atoms with E-state index in [1.165, 1.54) is 0 Å². The minimum absolute atomic E-state index is 0. The van der Waals surface area contributed by atoms with Gasteiger partial charge in [0.1, 0.15) is 29.8 Å². The van der Waals surface area contributed by atoms with Crippen LogP contribution in [0.4, 0.5) is 0 Å². The largest absolute Gasteiger partial charge is 1.00 e. The second-order valence-electron chi connectivity index (χ2n) is 7.82. The maximum Gasteiger partial charge on any atom is 1.00 e. The van der Waals surface area contributed by atoms with Crippen LogP contribution in [0.25, 0.3) is 11.0 Å². The van der Waals surface area contributed by atoms with Crippen LogP contribution in [0.1, 0.15) is 44.3 Å².